The van der Waals surface area contributed by atoms with Crippen LogP contribution < -0.4 is 14.4 Å². The number of imidazole rings is 1. The van der Waals surface area contributed by atoms with Crippen molar-refractivity contribution < 1.29 is 14.3 Å². The number of rotatable bonds is 5. The summed E-state index contributed by atoms with van der Waals surface area (Å²) >= 11 is 0. The van der Waals surface area contributed by atoms with Gasteiger partial charge in [0.25, 0.3) is 5.91 Å². The molecule has 1 saturated heterocycles. The average Bonchev–Trinajstić information content (AvgIpc) is 3.24. The molecule has 0 bridgehead atoms. The SMILES string of the molecule is COc1ccc(C(=O)N2CCN(c3ccc(-n4ccnc4C)nn3)CC2)cc1OC. The molecule has 0 N–H and O–H groups in total. The second kappa shape index (κ2) is 8.40. The zero-order valence-corrected chi connectivity index (χ0v) is 17.3. The molecule has 9 heteroatoms. The van der Waals surface area contributed by atoms with E-state index in [1.54, 1.807) is 38.6 Å². The van der Waals surface area contributed by atoms with Gasteiger partial charge >= 0.3 is 0 Å². The molecule has 0 atom stereocenters. The zero-order valence-electron chi connectivity index (χ0n) is 17.3. The minimum atomic E-state index is -0.0207. The fourth-order valence-electron chi connectivity index (χ4n) is 3.53. The fraction of sp³-hybridized carbons (Fsp3) is 0.333. The quantitative estimate of drug-likeness (QED) is 0.638. The smallest absolute Gasteiger partial charge is 0.254 e. The van der Waals surface area contributed by atoms with E-state index in [4.69, 9.17) is 9.47 Å². The Morgan fingerprint density at radius 3 is 2.23 bits per heavy atom. The first kappa shape index (κ1) is 19.7. The molecule has 0 aliphatic carbocycles. The number of benzene rings is 1. The fourth-order valence-corrected chi connectivity index (χ4v) is 3.53. The Morgan fingerprint density at radius 1 is 0.933 bits per heavy atom. The molecule has 4 rings (SSSR count). The molecule has 1 aliphatic rings. The number of aromatic nitrogens is 4. The number of hydrogen-bond donors (Lipinski definition) is 0. The molecule has 1 fully saturated rings. The number of methoxy groups -OCH3 is 2. The highest BCUT2D eigenvalue weighted by Crippen LogP contribution is 2.28. The van der Waals surface area contributed by atoms with Crippen LogP contribution in [0.2, 0.25) is 0 Å². The van der Waals surface area contributed by atoms with Gasteiger partial charge in [0.1, 0.15) is 5.82 Å². The Hall–Kier alpha value is -3.62. The van der Waals surface area contributed by atoms with Gasteiger partial charge in [-0.25, -0.2) is 4.98 Å². The molecule has 1 amide bonds. The lowest BCUT2D eigenvalue weighted by Crippen LogP contribution is -2.49. The number of aryl methyl sites for hydroxylation is 1. The average molecular weight is 408 g/mol. The van der Waals surface area contributed by atoms with Crippen molar-refractivity contribution in [3.8, 4) is 17.3 Å². The van der Waals surface area contributed by atoms with Gasteiger partial charge in [0.05, 0.1) is 14.2 Å². The maximum atomic E-state index is 12.9. The van der Waals surface area contributed by atoms with Crippen LogP contribution in [0.1, 0.15) is 16.2 Å². The minimum absolute atomic E-state index is 0.0207. The van der Waals surface area contributed by atoms with Crippen molar-refractivity contribution in [1.29, 1.82) is 0 Å². The summed E-state index contributed by atoms with van der Waals surface area (Å²) in [5, 5.41) is 8.68. The van der Waals surface area contributed by atoms with Gasteiger partial charge in [-0.2, -0.15) is 0 Å². The molecule has 0 saturated carbocycles. The van der Waals surface area contributed by atoms with Crippen molar-refractivity contribution in [2.45, 2.75) is 6.92 Å². The zero-order chi connectivity index (χ0) is 21.1. The van der Waals surface area contributed by atoms with Crippen LogP contribution in [-0.2, 0) is 0 Å². The lowest BCUT2D eigenvalue weighted by Gasteiger charge is -2.35. The third-order valence-corrected chi connectivity index (χ3v) is 5.23. The third kappa shape index (κ3) is 3.78. The van der Waals surface area contributed by atoms with Gasteiger partial charge in [-0.15, -0.1) is 10.2 Å². The molecule has 0 unspecified atom stereocenters. The van der Waals surface area contributed by atoms with Crippen molar-refractivity contribution in [2.75, 3.05) is 45.3 Å². The van der Waals surface area contributed by atoms with Gasteiger partial charge in [0.15, 0.2) is 23.1 Å². The van der Waals surface area contributed by atoms with E-state index in [2.05, 4.69) is 20.1 Å². The number of ether oxygens (including phenoxy) is 2. The number of anilines is 1. The largest absolute Gasteiger partial charge is 0.493 e. The monoisotopic (exact) mass is 408 g/mol. The van der Waals surface area contributed by atoms with Crippen LogP contribution >= 0.6 is 0 Å². The van der Waals surface area contributed by atoms with E-state index in [0.29, 0.717) is 43.2 Å². The maximum Gasteiger partial charge on any atom is 0.254 e. The van der Waals surface area contributed by atoms with Crippen LogP contribution in [0.15, 0.2) is 42.7 Å². The number of carbonyl (C=O) groups is 1. The van der Waals surface area contributed by atoms with Crippen LogP contribution in [0.3, 0.4) is 0 Å². The number of piperazine rings is 1. The topological polar surface area (TPSA) is 85.6 Å². The summed E-state index contributed by atoms with van der Waals surface area (Å²) in [6, 6.07) is 9.11. The first-order valence-corrected chi connectivity index (χ1v) is 9.71. The molecule has 3 aromatic rings. The minimum Gasteiger partial charge on any atom is -0.493 e. The molecular formula is C21H24N6O3. The van der Waals surface area contributed by atoms with Gasteiger partial charge < -0.3 is 19.3 Å². The molecule has 1 aliphatic heterocycles. The molecular weight excluding hydrogens is 384 g/mol. The van der Waals surface area contributed by atoms with Gasteiger partial charge in [-0.3, -0.25) is 9.36 Å². The van der Waals surface area contributed by atoms with Crippen LogP contribution in [0.5, 0.6) is 11.5 Å². The van der Waals surface area contributed by atoms with E-state index in [1.165, 1.54) is 0 Å². The van der Waals surface area contributed by atoms with Crippen molar-refractivity contribution >= 4 is 11.7 Å². The van der Waals surface area contributed by atoms with Gasteiger partial charge in [-0.1, -0.05) is 0 Å². The van der Waals surface area contributed by atoms with Gasteiger partial charge in [-0.05, 0) is 37.3 Å². The molecule has 1 aromatic carbocycles. The maximum absolute atomic E-state index is 12.9. The molecule has 0 spiro atoms. The highest BCUT2D eigenvalue weighted by Gasteiger charge is 2.24. The van der Waals surface area contributed by atoms with Crippen molar-refractivity contribution in [3.05, 3.63) is 54.1 Å². The molecule has 9 nitrogen and oxygen atoms in total. The summed E-state index contributed by atoms with van der Waals surface area (Å²) in [5.74, 6) is 3.52. The number of nitrogens with zero attached hydrogens (tertiary/aromatic N) is 6. The number of carbonyl (C=O) groups excluding carboxylic acids is 1. The summed E-state index contributed by atoms with van der Waals surface area (Å²) in [5.41, 5.74) is 0.584. The van der Waals surface area contributed by atoms with E-state index in [1.807, 2.05) is 34.7 Å². The predicted octanol–water partition coefficient (Wildman–Crippen LogP) is 1.95. The second-order valence-electron chi connectivity index (χ2n) is 6.94. The summed E-state index contributed by atoms with van der Waals surface area (Å²) < 4.78 is 12.4. The first-order chi connectivity index (χ1) is 14.6. The Labute approximate surface area is 174 Å². The van der Waals surface area contributed by atoms with Crippen LogP contribution in [0, 0.1) is 6.92 Å². The Kier molecular flexibility index (Phi) is 5.51. The summed E-state index contributed by atoms with van der Waals surface area (Å²) in [6.45, 7) is 4.52. The molecule has 0 radical (unpaired) electrons. The van der Waals surface area contributed by atoms with Crippen molar-refractivity contribution in [3.63, 3.8) is 0 Å². The van der Waals surface area contributed by atoms with Crippen LogP contribution in [0.25, 0.3) is 5.82 Å². The molecule has 156 valence electrons. The summed E-state index contributed by atoms with van der Waals surface area (Å²) in [7, 11) is 3.13. The predicted molar refractivity (Wildman–Crippen MR) is 112 cm³/mol. The normalized spacial score (nSPS) is 14.0. The second-order valence-corrected chi connectivity index (χ2v) is 6.94. The lowest BCUT2D eigenvalue weighted by atomic mass is 10.1. The van der Waals surface area contributed by atoms with Crippen molar-refractivity contribution in [2.24, 2.45) is 0 Å². The van der Waals surface area contributed by atoms with Gasteiger partial charge in [0.2, 0.25) is 0 Å². The van der Waals surface area contributed by atoms with E-state index in [9.17, 15) is 4.79 Å². The summed E-state index contributed by atoms with van der Waals surface area (Å²) in [4.78, 5) is 21.1. The van der Waals surface area contributed by atoms with E-state index in [0.717, 1.165) is 17.5 Å². The van der Waals surface area contributed by atoms with E-state index < -0.39 is 0 Å². The molecule has 30 heavy (non-hydrogen) atoms. The van der Waals surface area contributed by atoms with Crippen LogP contribution in [-0.4, -0.2) is 71.0 Å². The van der Waals surface area contributed by atoms with Gasteiger partial charge in [0, 0.05) is 44.1 Å². The highest BCUT2D eigenvalue weighted by atomic mass is 16.5. The van der Waals surface area contributed by atoms with Crippen LogP contribution in [0.4, 0.5) is 5.82 Å². The van der Waals surface area contributed by atoms with Crippen molar-refractivity contribution in [1.82, 2.24) is 24.6 Å². The lowest BCUT2D eigenvalue weighted by molar-refractivity contribution is 0.0746. The Balaban J connectivity index is 1.40. The van der Waals surface area contributed by atoms with E-state index >= 15 is 0 Å². The highest BCUT2D eigenvalue weighted by molar-refractivity contribution is 5.95. The molecule has 3 heterocycles. The first-order valence-electron chi connectivity index (χ1n) is 9.71. The summed E-state index contributed by atoms with van der Waals surface area (Å²) in [6.07, 6.45) is 3.59. The Bertz CT molecular complexity index is 1030. The number of amides is 1. The third-order valence-electron chi connectivity index (χ3n) is 5.23. The standard InChI is InChI=1S/C21H24N6O3/c1-15-22-8-9-27(15)20-7-6-19(23-24-20)25-10-12-26(13-11-25)21(28)16-4-5-17(29-2)18(14-16)30-3/h4-9,14H,10-13H2,1-3H3. The molecule has 2 aromatic heterocycles. The van der Waals surface area contributed by atoms with E-state index in [-0.39, 0.29) is 5.91 Å². The Morgan fingerprint density at radius 2 is 1.63 bits per heavy atom. The number of hydrogen-bond acceptors (Lipinski definition) is 7.